The Balaban J connectivity index is 2.39. The molecule has 2 N–H and O–H groups in total. The number of carbonyl (C=O) groups excluding carboxylic acids is 1. The topological polar surface area (TPSA) is 78.5 Å². The molecule has 0 spiro atoms. The van der Waals surface area contributed by atoms with Gasteiger partial charge in [-0.3, -0.25) is 0 Å². The van der Waals surface area contributed by atoms with Crippen molar-refractivity contribution in [2.45, 2.75) is 39.0 Å². The van der Waals surface area contributed by atoms with Crippen molar-refractivity contribution in [2.75, 3.05) is 19.6 Å². The molecule has 0 radical (unpaired) electrons. The van der Waals surface area contributed by atoms with E-state index in [0.29, 0.717) is 19.6 Å². The van der Waals surface area contributed by atoms with Crippen molar-refractivity contribution in [1.29, 1.82) is 0 Å². The number of carbonyl (C=O) groups is 1. The van der Waals surface area contributed by atoms with Crippen LogP contribution in [0.1, 0.15) is 39.0 Å². The molecular weight excluding hydrogens is 242 g/mol. The summed E-state index contributed by atoms with van der Waals surface area (Å²) in [6, 6.07) is -0.635. The van der Waals surface area contributed by atoms with Crippen molar-refractivity contribution >= 4 is 16.2 Å². The first-order valence-electron chi connectivity index (χ1n) is 6.12. The van der Waals surface area contributed by atoms with Crippen molar-refractivity contribution in [2.24, 2.45) is 0 Å². The summed E-state index contributed by atoms with van der Waals surface area (Å²) in [6.45, 7) is 3.50. The van der Waals surface area contributed by atoms with Crippen molar-refractivity contribution in [1.82, 2.24) is 14.3 Å². The van der Waals surface area contributed by atoms with E-state index in [0.717, 1.165) is 32.1 Å². The lowest BCUT2D eigenvalue weighted by atomic mass is 10.2. The van der Waals surface area contributed by atoms with Crippen LogP contribution in [0, 0.1) is 0 Å². The number of amides is 2. The van der Waals surface area contributed by atoms with E-state index in [1.54, 1.807) is 0 Å². The van der Waals surface area contributed by atoms with E-state index in [-0.39, 0.29) is 0 Å². The van der Waals surface area contributed by atoms with E-state index >= 15 is 0 Å². The number of nitrogens with zero attached hydrogens (tertiary/aromatic N) is 1. The highest BCUT2D eigenvalue weighted by Gasteiger charge is 2.25. The Hall–Kier alpha value is -0.820. The van der Waals surface area contributed by atoms with Gasteiger partial charge in [-0.2, -0.15) is 12.7 Å². The number of piperidine rings is 1. The van der Waals surface area contributed by atoms with Gasteiger partial charge in [-0.05, 0) is 19.3 Å². The van der Waals surface area contributed by atoms with Gasteiger partial charge in [0.25, 0.3) is 0 Å². The van der Waals surface area contributed by atoms with E-state index in [2.05, 4.69) is 5.32 Å². The van der Waals surface area contributed by atoms with Crippen LogP contribution < -0.4 is 10.0 Å². The van der Waals surface area contributed by atoms with Crippen LogP contribution in [0.5, 0.6) is 0 Å². The van der Waals surface area contributed by atoms with Gasteiger partial charge in [0.2, 0.25) is 0 Å². The molecule has 1 aliphatic heterocycles. The number of nitrogens with one attached hydrogen (secondary N) is 2. The zero-order chi connectivity index (χ0) is 12.7. The standard InChI is InChI=1S/C10H21N3O3S/c1-2-3-7-11-10(14)12-17(15,16)13-8-5-4-6-9-13/h2-9H2,1H3,(H2,11,12,14). The molecule has 1 heterocycles. The van der Waals surface area contributed by atoms with Gasteiger partial charge >= 0.3 is 16.2 Å². The van der Waals surface area contributed by atoms with Crippen LogP contribution in [-0.2, 0) is 10.2 Å². The van der Waals surface area contributed by atoms with Gasteiger partial charge in [-0.15, -0.1) is 0 Å². The van der Waals surface area contributed by atoms with Crippen LogP contribution in [0.2, 0.25) is 0 Å². The maximum atomic E-state index is 11.8. The highest BCUT2D eigenvalue weighted by molar-refractivity contribution is 7.87. The summed E-state index contributed by atoms with van der Waals surface area (Å²) in [5.74, 6) is 0. The van der Waals surface area contributed by atoms with Crippen LogP contribution in [0.4, 0.5) is 4.79 Å². The zero-order valence-electron chi connectivity index (χ0n) is 10.2. The van der Waals surface area contributed by atoms with Gasteiger partial charge in [-0.1, -0.05) is 19.8 Å². The van der Waals surface area contributed by atoms with Crippen molar-refractivity contribution < 1.29 is 13.2 Å². The lowest BCUT2D eigenvalue weighted by Gasteiger charge is -2.25. The lowest BCUT2D eigenvalue weighted by molar-refractivity contribution is 0.244. The minimum Gasteiger partial charge on any atom is -0.337 e. The first-order valence-corrected chi connectivity index (χ1v) is 7.56. The van der Waals surface area contributed by atoms with Crippen LogP contribution in [0.3, 0.4) is 0 Å². The molecule has 0 atom stereocenters. The molecule has 0 aromatic carbocycles. The normalized spacial score (nSPS) is 17.7. The Kier molecular flexibility index (Phi) is 5.70. The van der Waals surface area contributed by atoms with Crippen molar-refractivity contribution in [3.8, 4) is 0 Å². The molecule has 2 amide bonds. The molecule has 1 rings (SSSR count). The summed E-state index contributed by atoms with van der Waals surface area (Å²) >= 11 is 0. The second-order valence-corrected chi connectivity index (χ2v) is 5.85. The molecule has 1 saturated heterocycles. The first kappa shape index (κ1) is 14.2. The molecule has 0 aromatic heterocycles. The van der Waals surface area contributed by atoms with E-state index in [1.165, 1.54) is 4.31 Å². The Morgan fingerprint density at radius 1 is 1.24 bits per heavy atom. The van der Waals surface area contributed by atoms with Gasteiger partial charge in [0.1, 0.15) is 0 Å². The smallest absolute Gasteiger partial charge is 0.329 e. The number of urea groups is 1. The third kappa shape index (κ3) is 4.91. The molecule has 1 fully saturated rings. The molecule has 0 unspecified atom stereocenters. The number of hydrogen-bond donors (Lipinski definition) is 2. The molecule has 100 valence electrons. The molecule has 0 bridgehead atoms. The molecule has 0 saturated carbocycles. The fraction of sp³-hybridized carbons (Fsp3) is 0.900. The number of hydrogen-bond acceptors (Lipinski definition) is 3. The van der Waals surface area contributed by atoms with Crippen LogP contribution in [0.15, 0.2) is 0 Å². The minimum atomic E-state index is -3.65. The lowest BCUT2D eigenvalue weighted by Crippen LogP contribution is -2.48. The molecule has 17 heavy (non-hydrogen) atoms. The fourth-order valence-corrected chi connectivity index (χ4v) is 2.88. The van der Waals surface area contributed by atoms with Crippen LogP contribution in [0.25, 0.3) is 0 Å². The molecule has 0 aliphatic carbocycles. The highest BCUT2D eigenvalue weighted by Crippen LogP contribution is 2.11. The molecule has 6 nitrogen and oxygen atoms in total. The predicted molar refractivity (Wildman–Crippen MR) is 65.8 cm³/mol. The van der Waals surface area contributed by atoms with Gasteiger partial charge in [-0.25, -0.2) is 9.52 Å². The Labute approximate surface area is 103 Å². The quantitative estimate of drug-likeness (QED) is 0.721. The van der Waals surface area contributed by atoms with Crippen LogP contribution >= 0.6 is 0 Å². The molecule has 1 aliphatic rings. The molecular formula is C10H21N3O3S. The van der Waals surface area contributed by atoms with E-state index in [9.17, 15) is 13.2 Å². The summed E-state index contributed by atoms with van der Waals surface area (Å²) in [5, 5.41) is 2.52. The number of unbranched alkanes of at least 4 members (excludes halogenated alkanes) is 1. The summed E-state index contributed by atoms with van der Waals surface area (Å²) in [7, 11) is -3.65. The highest BCUT2D eigenvalue weighted by atomic mass is 32.2. The largest absolute Gasteiger partial charge is 0.337 e. The van der Waals surface area contributed by atoms with Gasteiger partial charge in [0.15, 0.2) is 0 Å². The third-order valence-corrected chi connectivity index (χ3v) is 4.18. The summed E-state index contributed by atoms with van der Waals surface area (Å²) in [6.07, 6.45) is 4.57. The maximum Gasteiger partial charge on any atom is 0.329 e. The minimum absolute atomic E-state index is 0.498. The van der Waals surface area contributed by atoms with Gasteiger partial charge in [0.05, 0.1) is 0 Å². The first-order chi connectivity index (χ1) is 8.06. The average molecular weight is 263 g/mol. The second kappa shape index (κ2) is 6.80. The SMILES string of the molecule is CCCCNC(=O)NS(=O)(=O)N1CCCCC1. The summed E-state index contributed by atoms with van der Waals surface area (Å²) in [5.41, 5.74) is 0. The third-order valence-electron chi connectivity index (χ3n) is 2.69. The summed E-state index contributed by atoms with van der Waals surface area (Å²) < 4.78 is 26.9. The van der Waals surface area contributed by atoms with Crippen molar-refractivity contribution in [3.63, 3.8) is 0 Å². The summed E-state index contributed by atoms with van der Waals surface area (Å²) in [4.78, 5) is 11.3. The molecule has 7 heteroatoms. The zero-order valence-corrected chi connectivity index (χ0v) is 11.1. The second-order valence-electron chi connectivity index (χ2n) is 4.18. The van der Waals surface area contributed by atoms with Gasteiger partial charge in [0, 0.05) is 19.6 Å². The predicted octanol–water partition coefficient (Wildman–Crippen LogP) is 0.816. The number of rotatable bonds is 5. The monoisotopic (exact) mass is 263 g/mol. The van der Waals surface area contributed by atoms with E-state index in [4.69, 9.17) is 0 Å². The van der Waals surface area contributed by atoms with Crippen LogP contribution in [-0.4, -0.2) is 38.4 Å². The Morgan fingerprint density at radius 2 is 1.88 bits per heavy atom. The van der Waals surface area contributed by atoms with E-state index < -0.39 is 16.2 Å². The average Bonchev–Trinajstić information content (AvgIpc) is 2.30. The van der Waals surface area contributed by atoms with E-state index in [1.807, 2.05) is 11.6 Å². The van der Waals surface area contributed by atoms with Crippen molar-refractivity contribution in [3.05, 3.63) is 0 Å². The fourth-order valence-electron chi connectivity index (χ4n) is 1.70. The molecule has 0 aromatic rings. The Bertz CT molecular complexity index is 337. The maximum absolute atomic E-state index is 11.8. The Morgan fingerprint density at radius 3 is 2.47 bits per heavy atom. The van der Waals surface area contributed by atoms with Gasteiger partial charge < -0.3 is 5.32 Å².